The molecule has 0 amide bonds. The molecule has 1 aliphatic carbocycles. The summed E-state index contributed by atoms with van der Waals surface area (Å²) in [5, 5.41) is 56.2. The number of aliphatic hydroxyl groups excluding tert-OH is 3. The summed E-state index contributed by atoms with van der Waals surface area (Å²) in [5.74, 6) is -0.182. The van der Waals surface area contributed by atoms with Crippen LogP contribution in [-0.4, -0.2) is 85.1 Å². The number of aliphatic hydroxyl groups is 3. The molecule has 0 aromatic heterocycles. The molecule has 218 valence electrons. The molecule has 1 fully saturated rings. The van der Waals surface area contributed by atoms with Gasteiger partial charge in [0.1, 0.15) is 6.79 Å². The lowest BCUT2D eigenvalue weighted by molar-refractivity contribution is -0.156. The van der Waals surface area contributed by atoms with Gasteiger partial charge in [0.15, 0.2) is 23.0 Å². The zero-order valence-electron chi connectivity index (χ0n) is 23.2. The van der Waals surface area contributed by atoms with Crippen molar-refractivity contribution < 1.29 is 44.5 Å². The first-order valence-electron chi connectivity index (χ1n) is 13.4. The second-order valence-corrected chi connectivity index (χ2v) is 10.0. The van der Waals surface area contributed by atoms with Gasteiger partial charge in [-0.15, -0.1) is 0 Å². The first kappa shape index (κ1) is 30.8. The molecule has 0 aliphatic heterocycles. The van der Waals surface area contributed by atoms with Crippen molar-refractivity contribution in [3.63, 3.8) is 0 Å². The van der Waals surface area contributed by atoms with Crippen molar-refractivity contribution in [1.29, 1.82) is 0 Å². The molecule has 10 nitrogen and oxygen atoms in total. The predicted molar refractivity (Wildman–Crippen MR) is 145 cm³/mol. The number of rotatable bonds is 14. The molecule has 0 radical (unpaired) electrons. The highest BCUT2D eigenvalue weighted by molar-refractivity contribution is 5.53. The highest BCUT2D eigenvalue weighted by atomic mass is 16.6. The number of phenols is 2. The van der Waals surface area contributed by atoms with E-state index in [1.54, 1.807) is 30.3 Å². The van der Waals surface area contributed by atoms with E-state index in [0.717, 1.165) is 17.7 Å². The molecule has 0 saturated heterocycles. The predicted octanol–water partition coefficient (Wildman–Crippen LogP) is 2.22. The minimum absolute atomic E-state index is 0.0529. The normalized spacial score (nSPS) is 23.8. The van der Waals surface area contributed by atoms with E-state index in [4.69, 9.17) is 18.9 Å². The summed E-state index contributed by atoms with van der Waals surface area (Å²) in [6.07, 6.45) is -0.367. The van der Waals surface area contributed by atoms with Crippen molar-refractivity contribution in [1.82, 2.24) is 5.32 Å². The molecular weight excluding hydrogens is 506 g/mol. The topological polar surface area (TPSA) is 150 Å². The molecule has 6 atom stereocenters. The van der Waals surface area contributed by atoms with Crippen LogP contribution in [0.1, 0.15) is 30.9 Å². The van der Waals surface area contributed by atoms with Crippen molar-refractivity contribution in [3.8, 4) is 28.7 Å². The highest BCUT2D eigenvalue weighted by Gasteiger charge is 2.46. The van der Waals surface area contributed by atoms with E-state index >= 15 is 0 Å². The Balaban J connectivity index is 1.88. The molecule has 2 aromatic carbocycles. The Bertz CT molecular complexity index is 1020. The molecule has 0 unspecified atom stereocenters. The Kier molecular flexibility index (Phi) is 11.5. The third-order valence-electron chi connectivity index (χ3n) is 7.76. The number of aryl methyl sites for hydroxylation is 1. The minimum Gasteiger partial charge on any atom is -0.504 e. The molecule has 0 heterocycles. The average molecular weight is 550 g/mol. The lowest BCUT2D eigenvalue weighted by Gasteiger charge is -2.46. The van der Waals surface area contributed by atoms with Gasteiger partial charge >= 0.3 is 0 Å². The molecule has 6 N–H and O–H groups in total. The third-order valence-corrected chi connectivity index (χ3v) is 7.76. The van der Waals surface area contributed by atoms with E-state index in [-0.39, 0.29) is 34.8 Å². The summed E-state index contributed by atoms with van der Waals surface area (Å²) in [6.45, 7) is 2.82. The number of benzene rings is 2. The summed E-state index contributed by atoms with van der Waals surface area (Å²) in [5.41, 5.74) is 1.66. The zero-order valence-corrected chi connectivity index (χ0v) is 23.2. The monoisotopic (exact) mass is 549 g/mol. The quantitative estimate of drug-likeness (QED) is 0.194. The molecule has 3 rings (SSSR count). The fourth-order valence-corrected chi connectivity index (χ4v) is 5.77. The summed E-state index contributed by atoms with van der Waals surface area (Å²) < 4.78 is 21.6. The summed E-state index contributed by atoms with van der Waals surface area (Å²) >= 11 is 0. The van der Waals surface area contributed by atoms with Crippen LogP contribution in [0.5, 0.6) is 28.7 Å². The highest BCUT2D eigenvalue weighted by Crippen LogP contribution is 2.42. The van der Waals surface area contributed by atoms with Crippen molar-refractivity contribution in [2.75, 3.05) is 41.2 Å². The lowest BCUT2D eigenvalue weighted by Crippen LogP contribution is -2.54. The second kappa shape index (κ2) is 14.6. The fourth-order valence-electron chi connectivity index (χ4n) is 5.77. The second-order valence-electron chi connectivity index (χ2n) is 10.0. The maximum atomic E-state index is 11.7. The molecule has 10 heteroatoms. The van der Waals surface area contributed by atoms with Gasteiger partial charge in [0.05, 0.1) is 39.6 Å². The Morgan fingerprint density at radius 1 is 0.949 bits per heavy atom. The van der Waals surface area contributed by atoms with Crippen molar-refractivity contribution >= 4 is 0 Å². The number of ether oxygens (including phenoxy) is 4. The van der Waals surface area contributed by atoms with Crippen molar-refractivity contribution in [2.24, 2.45) is 17.8 Å². The van der Waals surface area contributed by atoms with E-state index in [9.17, 15) is 25.5 Å². The van der Waals surface area contributed by atoms with Crippen LogP contribution in [-0.2, 0) is 17.6 Å². The van der Waals surface area contributed by atoms with Crippen LogP contribution < -0.4 is 19.5 Å². The Morgan fingerprint density at radius 3 is 2.18 bits per heavy atom. The van der Waals surface area contributed by atoms with Crippen LogP contribution in [0, 0.1) is 17.8 Å². The van der Waals surface area contributed by atoms with Crippen LogP contribution in [0.2, 0.25) is 0 Å². The third kappa shape index (κ3) is 7.46. The van der Waals surface area contributed by atoms with E-state index in [1.807, 2.05) is 6.92 Å². The number of nitrogens with one attached hydrogen (secondary N) is 1. The molecule has 39 heavy (non-hydrogen) atoms. The van der Waals surface area contributed by atoms with Gasteiger partial charge in [-0.25, -0.2) is 0 Å². The summed E-state index contributed by atoms with van der Waals surface area (Å²) in [6, 6.07) is 8.50. The van der Waals surface area contributed by atoms with Crippen LogP contribution in [0.4, 0.5) is 0 Å². The lowest BCUT2D eigenvalue weighted by atomic mass is 9.66. The molecule has 1 saturated carbocycles. The minimum atomic E-state index is -0.936. The van der Waals surface area contributed by atoms with E-state index in [0.29, 0.717) is 38.0 Å². The van der Waals surface area contributed by atoms with Gasteiger partial charge in [0, 0.05) is 11.8 Å². The number of hydrogen-bond donors (Lipinski definition) is 6. The van der Waals surface area contributed by atoms with Gasteiger partial charge in [-0.05, 0) is 80.1 Å². The van der Waals surface area contributed by atoms with Gasteiger partial charge in [0.2, 0.25) is 5.75 Å². The maximum absolute atomic E-state index is 11.7. The first-order valence-corrected chi connectivity index (χ1v) is 13.4. The van der Waals surface area contributed by atoms with Gasteiger partial charge in [-0.2, -0.15) is 0 Å². The summed E-state index contributed by atoms with van der Waals surface area (Å²) in [7, 11) is 4.39. The van der Waals surface area contributed by atoms with E-state index < -0.39 is 31.0 Å². The smallest absolute Gasteiger partial charge is 0.200 e. The standard InChI is InChI=1S/C29H43NO9/c1-5-30-15-19-14-22(33)20(10-18-12-25(37-3)29(35)26(13-18)38-4)28(34)27(19)23(39-16-31)9-7-17-6-8-21(32)24(11-17)36-2/h6,8,11-13,19-20,22-23,27-28,30-35H,5,7,9-10,14-16H2,1-4H3/t19-,20+,22-,23-,27+,28-/m0/s1. The van der Waals surface area contributed by atoms with E-state index in [2.05, 4.69) is 5.32 Å². The zero-order chi connectivity index (χ0) is 28.5. The number of phenolic OH excluding ortho intramolecular Hbond substituents is 2. The Morgan fingerprint density at radius 2 is 1.59 bits per heavy atom. The van der Waals surface area contributed by atoms with Crippen LogP contribution in [0.3, 0.4) is 0 Å². The van der Waals surface area contributed by atoms with Gasteiger partial charge in [-0.3, -0.25) is 0 Å². The first-order chi connectivity index (χ1) is 18.8. The number of aromatic hydroxyl groups is 2. The SMILES string of the molecule is CCNC[C@@H]1C[C@H](O)[C@@H](Cc2cc(OC)c(O)c(OC)c2)[C@H](O)[C@H]1[C@H](CCc1ccc(O)c(OC)c1)OCO. The average Bonchev–Trinajstić information content (AvgIpc) is 2.93. The number of hydrogen-bond acceptors (Lipinski definition) is 10. The van der Waals surface area contributed by atoms with Crippen molar-refractivity contribution in [2.45, 2.75) is 50.9 Å². The molecule has 1 aliphatic rings. The molecular formula is C29H43NO9. The fraction of sp³-hybridized carbons (Fsp3) is 0.586. The molecule has 0 bridgehead atoms. The van der Waals surface area contributed by atoms with Crippen LogP contribution in [0.15, 0.2) is 30.3 Å². The van der Waals surface area contributed by atoms with Crippen molar-refractivity contribution in [3.05, 3.63) is 41.5 Å². The summed E-state index contributed by atoms with van der Waals surface area (Å²) in [4.78, 5) is 0. The maximum Gasteiger partial charge on any atom is 0.200 e. The Labute approximate surface area is 230 Å². The van der Waals surface area contributed by atoms with Crippen LogP contribution >= 0.6 is 0 Å². The largest absolute Gasteiger partial charge is 0.504 e. The molecule has 0 spiro atoms. The molecule has 2 aromatic rings. The van der Waals surface area contributed by atoms with Gasteiger partial charge in [-0.1, -0.05) is 13.0 Å². The van der Waals surface area contributed by atoms with Crippen LogP contribution in [0.25, 0.3) is 0 Å². The van der Waals surface area contributed by atoms with Gasteiger partial charge in [0.25, 0.3) is 0 Å². The number of methoxy groups -OCH3 is 3. The Hall–Kier alpha value is -2.76. The van der Waals surface area contributed by atoms with Gasteiger partial charge < -0.3 is 49.8 Å². The van der Waals surface area contributed by atoms with E-state index in [1.165, 1.54) is 21.3 Å².